The van der Waals surface area contributed by atoms with E-state index in [4.69, 9.17) is 15.2 Å². The third kappa shape index (κ3) is 2.21. The lowest BCUT2D eigenvalue weighted by Crippen LogP contribution is -2.42. The molecule has 2 heterocycles. The lowest BCUT2D eigenvalue weighted by atomic mass is 9.90. The second-order valence-corrected chi connectivity index (χ2v) is 5.91. The Hall–Kier alpha value is -0.580. The zero-order chi connectivity index (χ0) is 11.9. The summed E-state index contributed by atoms with van der Waals surface area (Å²) < 4.78 is 12.2. The number of ether oxygens (including phenoxy) is 2. The number of halogens is 1. The van der Waals surface area contributed by atoms with E-state index in [9.17, 15) is 0 Å². The lowest BCUT2D eigenvalue weighted by Gasteiger charge is -2.23. The molecule has 0 aliphatic carbocycles. The average Bonchev–Trinajstić information content (AvgIpc) is 2.86. The van der Waals surface area contributed by atoms with E-state index in [1.807, 2.05) is 0 Å². The van der Waals surface area contributed by atoms with Gasteiger partial charge < -0.3 is 15.2 Å². The van der Waals surface area contributed by atoms with E-state index in [0.29, 0.717) is 6.61 Å². The minimum absolute atomic E-state index is 0.222. The van der Waals surface area contributed by atoms with E-state index in [0.717, 1.165) is 42.7 Å². The maximum absolute atomic E-state index is 6.34. The number of benzene rings is 1. The first-order chi connectivity index (χ1) is 8.16. The lowest BCUT2D eigenvalue weighted by molar-refractivity contribution is 0.178. The Labute approximate surface area is 109 Å². The fraction of sp³-hybridized carbons (Fsp3) is 0.538. The molecule has 1 aromatic rings. The van der Waals surface area contributed by atoms with Crippen molar-refractivity contribution in [3.63, 3.8) is 0 Å². The fourth-order valence-corrected chi connectivity index (χ4v) is 3.17. The molecule has 17 heavy (non-hydrogen) atoms. The number of fused-ring (bicyclic) bond motifs is 1. The van der Waals surface area contributed by atoms with Crippen molar-refractivity contribution in [1.82, 2.24) is 0 Å². The average molecular weight is 298 g/mol. The van der Waals surface area contributed by atoms with Crippen LogP contribution in [0, 0.1) is 0 Å². The molecule has 0 saturated carbocycles. The van der Waals surface area contributed by atoms with E-state index < -0.39 is 0 Å². The van der Waals surface area contributed by atoms with Gasteiger partial charge in [-0.05, 0) is 36.1 Å². The molecular weight excluding hydrogens is 282 g/mol. The van der Waals surface area contributed by atoms with E-state index in [2.05, 4.69) is 28.1 Å². The summed E-state index contributed by atoms with van der Waals surface area (Å²) in [6.45, 7) is 2.20. The molecule has 4 heteroatoms. The quantitative estimate of drug-likeness (QED) is 0.909. The first-order valence-electron chi connectivity index (χ1n) is 5.97. The highest BCUT2D eigenvalue weighted by Gasteiger charge is 2.32. The van der Waals surface area contributed by atoms with Crippen molar-refractivity contribution in [3.8, 4) is 5.75 Å². The van der Waals surface area contributed by atoms with Gasteiger partial charge in [0.15, 0.2) is 0 Å². The van der Waals surface area contributed by atoms with Crippen LogP contribution < -0.4 is 10.5 Å². The highest BCUT2D eigenvalue weighted by molar-refractivity contribution is 9.10. The van der Waals surface area contributed by atoms with Crippen molar-refractivity contribution in [2.75, 3.05) is 19.8 Å². The first kappa shape index (κ1) is 11.5. The highest BCUT2D eigenvalue weighted by Crippen LogP contribution is 2.35. The van der Waals surface area contributed by atoms with Gasteiger partial charge in [0, 0.05) is 23.0 Å². The molecule has 1 saturated heterocycles. The van der Waals surface area contributed by atoms with Crippen LogP contribution in [0.25, 0.3) is 0 Å². The number of hydrogen-bond donors (Lipinski definition) is 1. The smallest absolute Gasteiger partial charge is 0.125 e. The second-order valence-electron chi connectivity index (χ2n) is 4.99. The van der Waals surface area contributed by atoms with E-state index in [-0.39, 0.29) is 5.54 Å². The van der Waals surface area contributed by atoms with Crippen molar-refractivity contribution >= 4 is 15.9 Å². The van der Waals surface area contributed by atoms with Gasteiger partial charge in [0.25, 0.3) is 0 Å². The Bertz CT molecular complexity index is 441. The Balaban J connectivity index is 1.92. The summed E-state index contributed by atoms with van der Waals surface area (Å²) in [5.41, 5.74) is 8.61. The predicted molar refractivity (Wildman–Crippen MR) is 69.4 cm³/mol. The molecule has 1 unspecified atom stereocenters. The van der Waals surface area contributed by atoms with Crippen molar-refractivity contribution in [3.05, 3.63) is 27.7 Å². The van der Waals surface area contributed by atoms with Gasteiger partial charge in [0.05, 0.1) is 13.2 Å². The van der Waals surface area contributed by atoms with Gasteiger partial charge in [-0.2, -0.15) is 0 Å². The van der Waals surface area contributed by atoms with Gasteiger partial charge in [-0.1, -0.05) is 15.9 Å². The minimum Gasteiger partial charge on any atom is -0.493 e. The molecule has 1 atom stereocenters. The molecule has 2 N–H and O–H groups in total. The van der Waals surface area contributed by atoms with Crippen molar-refractivity contribution < 1.29 is 9.47 Å². The third-order valence-corrected chi connectivity index (χ3v) is 3.96. The van der Waals surface area contributed by atoms with Gasteiger partial charge in [0.2, 0.25) is 0 Å². The van der Waals surface area contributed by atoms with Crippen LogP contribution in [0.1, 0.15) is 17.5 Å². The molecule has 1 aromatic carbocycles. The summed E-state index contributed by atoms with van der Waals surface area (Å²) in [6, 6.07) is 4.26. The second kappa shape index (κ2) is 4.26. The normalized spacial score (nSPS) is 26.9. The zero-order valence-electron chi connectivity index (χ0n) is 9.67. The van der Waals surface area contributed by atoms with Crippen LogP contribution in [-0.2, 0) is 17.6 Å². The largest absolute Gasteiger partial charge is 0.493 e. The van der Waals surface area contributed by atoms with E-state index >= 15 is 0 Å². The molecule has 2 aliphatic rings. The van der Waals surface area contributed by atoms with Gasteiger partial charge in [-0.3, -0.25) is 0 Å². The molecular formula is C13H16BrNO2. The topological polar surface area (TPSA) is 44.5 Å². The summed E-state index contributed by atoms with van der Waals surface area (Å²) in [7, 11) is 0. The van der Waals surface area contributed by atoms with Crippen molar-refractivity contribution in [2.45, 2.75) is 24.8 Å². The van der Waals surface area contributed by atoms with Gasteiger partial charge in [0.1, 0.15) is 5.75 Å². The third-order valence-electron chi connectivity index (χ3n) is 3.50. The number of rotatable bonds is 2. The van der Waals surface area contributed by atoms with Crippen LogP contribution in [0.5, 0.6) is 5.75 Å². The summed E-state index contributed by atoms with van der Waals surface area (Å²) in [6.07, 6.45) is 2.75. The molecule has 0 spiro atoms. The monoisotopic (exact) mass is 297 g/mol. The van der Waals surface area contributed by atoms with Crippen LogP contribution in [0.4, 0.5) is 0 Å². The zero-order valence-corrected chi connectivity index (χ0v) is 11.3. The number of nitrogens with two attached hydrogens (primary N) is 1. The fourth-order valence-electron chi connectivity index (χ4n) is 2.62. The van der Waals surface area contributed by atoms with E-state index in [1.165, 1.54) is 11.1 Å². The molecule has 0 bridgehead atoms. The minimum atomic E-state index is -0.222. The van der Waals surface area contributed by atoms with Crippen LogP contribution >= 0.6 is 15.9 Å². The molecule has 92 valence electrons. The molecule has 0 radical (unpaired) electrons. The first-order valence-corrected chi connectivity index (χ1v) is 6.76. The van der Waals surface area contributed by atoms with Gasteiger partial charge in [-0.25, -0.2) is 0 Å². The number of hydrogen-bond acceptors (Lipinski definition) is 3. The van der Waals surface area contributed by atoms with E-state index in [1.54, 1.807) is 0 Å². The predicted octanol–water partition coefficient (Wildman–Crippen LogP) is 2.04. The maximum atomic E-state index is 6.34. The summed E-state index contributed by atoms with van der Waals surface area (Å²) in [5.74, 6) is 1.05. The Kier molecular flexibility index (Phi) is 2.89. The summed E-state index contributed by atoms with van der Waals surface area (Å²) >= 11 is 3.56. The Morgan fingerprint density at radius 3 is 3.00 bits per heavy atom. The van der Waals surface area contributed by atoms with Crippen molar-refractivity contribution in [2.24, 2.45) is 5.73 Å². The Morgan fingerprint density at radius 1 is 1.35 bits per heavy atom. The SMILES string of the molecule is NC1(Cc2cc(Br)cc3c2OCC3)CCOC1. The standard InChI is InChI=1S/C13H16BrNO2/c14-11-5-9-1-3-17-12(9)10(6-11)7-13(15)2-4-16-8-13/h5-6H,1-4,7-8,15H2. The molecule has 0 amide bonds. The van der Waals surface area contributed by atoms with Crippen LogP contribution in [0.2, 0.25) is 0 Å². The summed E-state index contributed by atoms with van der Waals surface area (Å²) in [4.78, 5) is 0. The van der Waals surface area contributed by atoms with Crippen LogP contribution in [0.3, 0.4) is 0 Å². The van der Waals surface area contributed by atoms with Crippen molar-refractivity contribution in [1.29, 1.82) is 0 Å². The molecule has 1 fully saturated rings. The molecule has 0 aromatic heterocycles. The molecule has 3 nitrogen and oxygen atoms in total. The van der Waals surface area contributed by atoms with Crippen LogP contribution in [-0.4, -0.2) is 25.4 Å². The summed E-state index contributed by atoms with van der Waals surface area (Å²) in [5, 5.41) is 0. The molecule has 3 rings (SSSR count). The molecule has 2 aliphatic heterocycles. The maximum Gasteiger partial charge on any atom is 0.125 e. The van der Waals surface area contributed by atoms with Gasteiger partial charge >= 0.3 is 0 Å². The van der Waals surface area contributed by atoms with Crippen LogP contribution in [0.15, 0.2) is 16.6 Å². The van der Waals surface area contributed by atoms with Gasteiger partial charge in [-0.15, -0.1) is 0 Å². The highest BCUT2D eigenvalue weighted by atomic mass is 79.9. The Morgan fingerprint density at radius 2 is 2.24 bits per heavy atom.